The van der Waals surface area contributed by atoms with E-state index >= 15 is 13.2 Å². The molecule has 6 heterocycles. The molecule has 23 heteroatoms. The predicted octanol–water partition coefficient (Wildman–Crippen LogP) is -1.14. The smallest absolute Gasteiger partial charge is 0.325 e. The number of halogens is 3. The van der Waals surface area contributed by atoms with Gasteiger partial charge in [-0.3, -0.25) is 14.3 Å². The first-order valence-corrected chi connectivity index (χ1v) is 14.9. The molecule has 4 aromatic rings. The number of nitrogens with zero attached hydrogens (tertiary/aromatic N) is 7. The molecule has 0 aromatic carbocycles. The van der Waals surface area contributed by atoms with Crippen LogP contribution in [0.1, 0.15) is 12.5 Å². The molecule has 2 aliphatic heterocycles. The molecular weight excluding hydrogens is 628 g/mol. The molecule has 4 aromatic heterocycles. The van der Waals surface area contributed by atoms with Crippen molar-refractivity contribution in [2.75, 3.05) is 24.7 Å². The maximum Gasteiger partial charge on any atom is 0.325 e. The number of H-pyrrole nitrogens is 1. The van der Waals surface area contributed by atoms with E-state index in [1.54, 1.807) is 0 Å². The van der Waals surface area contributed by atoms with Crippen LogP contribution in [0, 0.1) is 0 Å². The fourth-order valence-corrected chi connectivity index (χ4v) is 6.22. The van der Waals surface area contributed by atoms with Gasteiger partial charge in [-0.05, 0) is 17.9 Å². The topological polar surface area (TPSA) is 257 Å². The summed E-state index contributed by atoms with van der Waals surface area (Å²) in [5, 5.41) is 27.6. The number of aliphatic hydroxyl groups excluding tert-OH is 2. The number of nitrogens with one attached hydrogen (secondary N) is 1. The molecule has 0 bridgehead atoms. The van der Waals surface area contributed by atoms with Gasteiger partial charge in [-0.15, -0.1) is 5.10 Å². The minimum Gasteiger partial charge on any atom is -0.394 e. The van der Waals surface area contributed by atoms with Gasteiger partial charge in [0, 0.05) is 6.20 Å². The first-order valence-electron chi connectivity index (χ1n) is 12.3. The summed E-state index contributed by atoms with van der Waals surface area (Å²) in [6.45, 7) is -6.25. The molecule has 1 unspecified atom stereocenters. The van der Waals surface area contributed by atoms with Crippen molar-refractivity contribution in [2.24, 2.45) is 0 Å². The molecule has 2 aliphatic rings. The van der Waals surface area contributed by atoms with Gasteiger partial charge in [-0.2, -0.15) is 18.4 Å². The number of fused-ring (bicyclic) bond motifs is 2. The number of nitrogen functional groups attached to an aromatic ring is 2. The van der Waals surface area contributed by atoms with Crippen molar-refractivity contribution in [2.45, 2.75) is 49.0 Å². The van der Waals surface area contributed by atoms with Crippen LogP contribution in [-0.4, -0.2) is 104 Å². The molecule has 2 saturated heterocycles. The van der Waals surface area contributed by atoms with Gasteiger partial charge in [-0.25, -0.2) is 14.4 Å². The molecule has 43 heavy (non-hydrogen) atoms. The van der Waals surface area contributed by atoms with Crippen LogP contribution in [0.3, 0.4) is 0 Å². The van der Waals surface area contributed by atoms with E-state index in [0.29, 0.717) is 0 Å². The average molecular weight is 650 g/mol. The normalized spacial score (nSPS) is 30.3. The van der Waals surface area contributed by atoms with Gasteiger partial charge in [0.15, 0.2) is 29.7 Å². The van der Waals surface area contributed by atoms with Crippen molar-refractivity contribution < 1.29 is 46.8 Å². The second kappa shape index (κ2) is 10.7. The van der Waals surface area contributed by atoms with E-state index in [4.69, 9.17) is 41.8 Å². The average Bonchev–Trinajstić information content (AvgIpc) is 3.68. The number of aromatic nitrogens is 8. The zero-order valence-corrected chi connectivity index (χ0v) is 23.1. The predicted molar refractivity (Wildman–Crippen MR) is 140 cm³/mol. The maximum atomic E-state index is 15.3. The van der Waals surface area contributed by atoms with Crippen molar-refractivity contribution in [1.82, 2.24) is 39.5 Å². The summed E-state index contributed by atoms with van der Waals surface area (Å²) in [5.74, 6) is -4.16. The van der Waals surface area contributed by atoms with Gasteiger partial charge < -0.3 is 45.1 Å². The number of aliphatic hydroxyl groups is 2. The summed E-state index contributed by atoms with van der Waals surface area (Å²) in [6, 6.07) is 1.40. The number of nitrogens with two attached hydrogens (primary N) is 2. The summed E-state index contributed by atoms with van der Waals surface area (Å²) in [6.07, 6.45) is -11.0. The number of hydrogen-bond acceptors (Lipinski definition) is 15. The Morgan fingerprint density at radius 2 is 2.00 bits per heavy atom. The summed E-state index contributed by atoms with van der Waals surface area (Å²) in [4.78, 5) is 36.8. The van der Waals surface area contributed by atoms with Gasteiger partial charge in [0.1, 0.15) is 36.1 Å². The van der Waals surface area contributed by atoms with Crippen LogP contribution < -0.4 is 17.0 Å². The number of aromatic amines is 1. The monoisotopic (exact) mass is 650 g/mol. The van der Waals surface area contributed by atoms with Crippen molar-refractivity contribution in [3.05, 3.63) is 28.9 Å². The van der Waals surface area contributed by atoms with Gasteiger partial charge in [0.2, 0.25) is 12.2 Å². The summed E-state index contributed by atoms with van der Waals surface area (Å²) >= 11 is 4.99. The van der Waals surface area contributed by atoms with E-state index in [9.17, 15) is 19.9 Å². The van der Waals surface area contributed by atoms with Crippen LogP contribution in [0.2, 0.25) is 0 Å². The number of ether oxygens (including phenoxy) is 2. The highest BCUT2D eigenvalue weighted by Gasteiger charge is 2.60. The summed E-state index contributed by atoms with van der Waals surface area (Å²) in [7, 11) is 0. The number of hydrogen-bond donors (Lipinski definition) is 6. The second-order valence-corrected chi connectivity index (χ2v) is 12.3. The van der Waals surface area contributed by atoms with Crippen LogP contribution >= 0.6 is 6.72 Å². The Balaban J connectivity index is 1.21. The Morgan fingerprint density at radius 3 is 2.74 bits per heavy atom. The fourth-order valence-electron chi connectivity index (χ4n) is 4.82. The minimum atomic E-state index is -4.50. The lowest BCUT2D eigenvalue weighted by Crippen LogP contribution is -2.39. The molecule has 6 rings (SSSR count). The van der Waals surface area contributed by atoms with Crippen molar-refractivity contribution in [1.29, 1.82) is 0 Å². The lowest BCUT2D eigenvalue weighted by Gasteiger charge is -2.25. The first-order chi connectivity index (χ1) is 20.3. The van der Waals surface area contributed by atoms with Crippen LogP contribution in [0.5, 0.6) is 0 Å². The molecular formula is C20H22F3N10O8PS. The summed E-state index contributed by atoms with van der Waals surface area (Å²) < 4.78 is 68.8. The molecule has 0 saturated carbocycles. The quantitative estimate of drug-likeness (QED) is 0.123. The SMILES string of the molecule is Nc1nc2c(nnn2[C@@H]2O[C@H](CO)[C@H](F)[C@H]2OP(O)(=S)OC[C@H]2O[C@@H](n3ccc4c(N)ncnc43)C(F)(F)[C@@H]2O)c(=O)[nH]1. The highest BCUT2D eigenvalue weighted by atomic mass is 32.5. The van der Waals surface area contributed by atoms with Crippen molar-refractivity contribution in [3.8, 4) is 0 Å². The fraction of sp³-hybridized carbons (Fsp3) is 0.500. The third-order valence-corrected chi connectivity index (χ3v) is 8.43. The second-order valence-electron chi connectivity index (χ2n) is 9.55. The van der Waals surface area contributed by atoms with E-state index in [1.165, 1.54) is 12.3 Å². The molecule has 0 amide bonds. The van der Waals surface area contributed by atoms with Gasteiger partial charge in [0.05, 0.1) is 18.6 Å². The molecule has 2 fully saturated rings. The van der Waals surface area contributed by atoms with Crippen LogP contribution in [0.15, 0.2) is 23.4 Å². The third kappa shape index (κ3) is 5.03. The van der Waals surface area contributed by atoms with Crippen LogP contribution in [0.4, 0.5) is 24.9 Å². The highest BCUT2D eigenvalue weighted by molar-refractivity contribution is 8.07. The molecule has 0 aliphatic carbocycles. The van der Waals surface area contributed by atoms with E-state index in [-0.39, 0.29) is 34.0 Å². The largest absolute Gasteiger partial charge is 0.394 e. The Bertz CT molecular complexity index is 1790. The lowest BCUT2D eigenvalue weighted by atomic mass is 10.1. The molecule has 232 valence electrons. The van der Waals surface area contributed by atoms with Crippen LogP contribution in [-0.2, 0) is 30.3 Å². The third-order valence-electron chi connectivity index (χ3n) is 6.87. The van der Waals surface area contributed by atoms with E-state index in [2.05, 4.69) is 30.2 Å². The highest BCUT2D eigenvalue weighted by Crippen LogP contribution is 2.52. The van der Waals surface area contributed by atoms with Gasteiger partial charge in [0.25, 0.3) is 5.56 Å². The molecule has 0 radical (unpaired) electrons. The Kier molecular flexibility index (Phi) is 7.38. The standard InChI is InChI=1S/C20H22F3N10O8PS/c21-9-7(3-34)39-17(33-15-10(30-31-33)16(36)29-19(25)28-15)11(9)41-42(37,43)38-4-8-12(35)20(22,23)18(40-8)32-2-1-6-13(24)26-5-27-14(6)32/h1-2,5,7-9,11-12,17-18,34-35H,3-4H2,(H,37,43)(H2,24,26,27)(H3,25,28,29,36)/t7-,8-,9+,11-,12-,17-,18-,42?/m1/s1. The number of rotatable bonds is 8. The Labute approximate surface area is 241 Å². The van der Waals surface area contributed by atoms with Gasteiger partial charge >= 0.3 is 12.6 Å². The zero-order chi connectivity index (χ0) is 30.8. The number of alkyl halides is 3. The first kappa shape index (κ1) is 29.7. The van der Waals surface area contributed by atoms with Gasteiger partial charge in [-0.1, -0.05) is 5.21 Å². The van der Waals surface area contributed by atoms with Crippen molar-refractivity contribution in [3.63, 3.8) is 0 Å². The number of anilines is 2. The molecule has 8 atom stereocenters. The Hall–Kier alpha value is -3.34. The minimum absolute atomic E-state index is 0.0140. The van der Waals surface area contributed by atoms with Crippen molar-refractivity contribution >= 4 is 52.5 Å². The maximum absolute atomic E-state index is 15.3. The van der Waals surface area contributed by atoms with E-state index in [1.807, 2.05) is 0 Å². The van der Waals surface area contributed by atoms with E-state index in [0.717, 1.165) is 15.6 Å². The van der Waals surface area contributed by atoms with Crippen LogP contribution in [0.25, 0.3) is 22.2 Å². The zero-order valence-electron chi connectivity index (χ0n) is 21.3. The molecule has 0 spiro atoms. The summed E-state index contributed by atoms with van der Waals surface area (Å²) in [5.41, 5.74) is 10.1. The lowest BCUT2D eigenvalue weighted by molar-refractivity contribution is -0.138. The van der Waals surface area contributed by atoms with E-state index < -0.39 is 74.5 Å². The Morgan fingerprint density at radius 1 is 1.23 bits per heavy atom. The molecule has 18 nitrogen and oxygen atoms in total. The molecule has 8 N–H and O–H groups in total.